The highest BCUT2D eigenvalue weighted by atomic mass is 16.3. The summed E-state index contributed by atoms with van der Waals surface area (Å²) in [5, 5.41) is 9.82. The van der Waals surface area contributed by atoms with E-state index in [4.69, 9.17) is 0 Å². The van der Waals surface area contributed by atoms with Gasteiger partial charge in [0.05, 0.1) is 6.10 Å². The van der Waals surface area contributed by atoms with Crippen LogP contribution in [0.1, 0.15) is 44.9 Å². The number of hydrogen-bond donors (Lipinski definition) is 1. The number of aliphatic hydroxyl groups excluding tert-OH is 1. The minimum absolute atomic E-state index is 0.0690. The zero-order chi connectivity index (χ0) is 10.4. The van der Waals surface area contributed by atoms with Crippen LogP contribution in [-0.2, 0) is 0 Å². The van der Waals surface area contributed by atoms with Crippen molar-refractivity contribution in [2.75, 3.05) is 20.6 Å². The monoisotopic (exact) mass is 199 g/mol. The first-order valence-electron chi connectivity index (χ1n) is 6.01. The average molecular weight is 199 g/mol. The summed E-state index contributed by atoms with van der Waals surface area (Å²) in [6.45, 7) is 1.01. The molecule has 0 aliphatic heterocycles. The van der Waals surface area contributed by atoms with Crippen LogP contribution in [0.15, 0.2) is 0 Å². The molecule has 0 saturated heterocycles. The average Bonchev–Trinajstić information content (AvgIpc) is 2.16. The largest absolute Gasteiger partial charge is 0.393 e. The molecule has 0 radical (unpaired) electrons. The van der Waals surface area contributed by atoms with Gasteiger partial charge < -0.3 is 10.0 Å². The number of nitrogens with zero attached hydrogens (tertiary/aromatic N) is 1. The summed E-state index contributed by atoms with van der Waals surface area (Å²) in [7, 11) is 4.13. The fourth-order valence-electron chi connectivity index (χ4n) is 2.33. The van der Waals surface area contributed by atoms with Crippen LogP contribution in [-0.4, -0.2) is 36.8 Å². The van der Waals surface area contributed by atoms with Crippen molar-refractivity contribution in [1.29, 1.82) is 0 Å². The van der Waals surface area contributed by atoms with E-state index in [1.807, 2.05) is 0 Å². The molecule has 0 aromatic heterocycles. The third kappa shape index (κ3) is 4.97. The van der Waals surface area contributed by atoms with Crippen LogP contribution < -0.4 is 0 Å². The lowest BCUT2D eigenvalue weighted by molar-refractivity contribution is 0.113. The van der Waals surface area contributed by atoms with Crippen molar-refractivity contribution >= 4 is 0 Å². The van der Waals surface area contributed by atoms with E-state index in [0.29, 0.717) is 0 Å². The van der Waals surface area contributed by atoms with Gasteiger partial charge in [0, 0.05) is 0 Å². The van der Waals surface area contributed by atoms with Gasteiger partial charge in [-0.05, 0) is 39.4 Å². The highest BCUT2D eigenvalue weighted by Crippen LogP contribution is 2.27. The standard InChI is InChI=1S/C12H25NO/c1-13(2)9-8-12(14)10-11-6-4-3-5-7-11/h11-12,14H,3-10H2,1-2H3. The summed E-state index contributed by atoms with van der Waals surface area (Å²) >= 11 is 0. The van der Waals surface area contributed by atoms with Crippen molar-refractivity contribution in [2.45, 2.75) is 51.0 Å². The molecule has 1 aliphatic carbocycles. The van der Waals surface area contributed by atoms with Crippen molar-refractivity contribution in [2.24, 2.45) is 5.92 Å². The Labute approximate surface area is 88.3 Å². The van der Waals surface area contributed by atoms with Gasteiger partial charge >= 0.3 is 0 Å². The molecule has 2 nitrogen and oxygen atoms in total. The Morgan fingerprint density at radius 3 is 2.43 bits per heavy atom. The van der Waals surface area contributed by atoms with E-state index < -0.39 is 0 Å². The van der Waals surface area contributed by atoms with Gasteiger partial charge in [-0.1, -0.05) is 32.1 Å². The second-order valence-corrected chi connectivity index (χ2v) is 4.99. The Balaban J connectivity index is 2.09. The Hall–Kier alpha value is -0.0800. The van der Waals surface area contributed by atoms with Crippen LogP contribution in [0.4, 0.5) is 0 Å². The predicted octanol–water partition coefficient (Wildman–Crippen LogP) is 2.27. The van der Waals surface area contributed by atoms with E-state index in [9.17, 15) is 5.11 Å². The van der Waals surface area contributed by atoms with Crippen molar-refractivity contribution < 1.29 is 5.11 Å². The minimum Gasteiger partial charge on any atom is -0.393 e. The molecule has 0 spiro atoms. The molecule has 0 bridgehead atoms. The summed E-state index contributed by atoms with van der Waals surface area (Å²) in [5.41, 5.74) is 0. The lowest BCUT2D eigenvalue weighted by Gasteiger charge is -2.24. The molecule has 1 fully saturated rings. The van der Waals surface area contributed by atoms with Crippen LogP contribution in [0, 0.1) is 5.92 Å². The lowest BCUT2D eigenvalue weighted by atomic mass is 9.85. The molecule has 0 heterocycles. The van der Waals surface area contributed by atoms with Crippen molar-refractivity contribution in [3.8, 4) is 0 Å². The SMILES string of the molecule is CN(C)CCC(O)CC1CCCCC1. The Morgan fingerprint density at radius 1 is 1.21 bits per heavy atom. The van der Waals surface area contributed by atoms with E-state index in [-0.39, 0.29) is 6.10 Å². The lowest BCUT2D eigenvalue weighted by Crippen LogP contribution is -2.22. The second kappa shape index (κ2) is 6.41. The number of aliphatic hydroxyl groups is 1. The van der Waals surface area contributed by atoms with Gasteiger partial charge in [-0.2, -0.15) is 0 Å². The fraction of sp³-hybridized carbons (Fsp3) is 1.00. The van der Waals surface area contributed by atoms with Crippen LogP contribution in [0.5, 0.6) is 0 Å². The molecule has 84 valence electrons. The molecule has 14 heavy (non-hydrogen) atoms. The van der Waals surface area contributed by atoms with Crippen LogP contribution in [0.2, 0.25) is 0 Å². The van der Waals surface area contributed by atoms with Crippen LogP contribution in [0.25, 0.3) is 0 Å². The zero-order valence-corrected chi connectivity index (χ0v) is 9.71. The fourth-order valence-corrected chi connectivity index (χ4v) is 2.33. The van der Waals surface area contributed by atoms with Crippen molar-refractivity contribution in [3.05, 3.63) is 0 Å². The molecule has 2 heteroatoms. The maximum atomic E-state index is 9.82. The normalized spacial score (nSPS) is 21.4. The van der Waals surface area contributed by atoms with E-state index >= 15 is 0 Å². The van der Waals surface area contributed by atoms with Crippen LogP contribution in [0.3, 0.4) is 0 Å². The minimum atomic E-state index is -0.0690. The summed E-state index contributed by atoms with van der Waals surface area (Å²) in [5.74, 6) is 0.806. The number of rotatable bonds is 5. The molecule has 0 aromatic carbocycles. The van der Waals surface area contributed by atoms with E-state index in [1.54, 1.807) is 0 Å². The smallest absolute Gasteiger partial charge is 0.0555 e. The molecule has 1 saturated carbocycles. The third-order valence-corrected chi connectivity index (χ3v) is 3.24. The maximum Gasteiger partial charge on any atom is 0.0555 e. The topological polar surface area (TPSA) is 23.5 Å². The van der Waals surface area contributed by atoms with Crippen molar-refractivity contribution in [3.63, 3.8) is 0 Å². The number of hydrogen-bond acceptors (Lipinski definition) is 2. The highest BCUT2D eigenvalue weighted by Gasteiger charge is 2.17. The second-order valence-electron chi connectivity index (χ2n) is 4.99. The molecular formula is C12H25NO. The summed E-state index contributed by atoms with van der Waals surface area (Å²) in [6.07, 6.45) is 8.76. The first kappa shape index (κ1) is 12.0. The summed E-state index contributed by atoms with van der Waals surface area (Å²) < 4.78 is 0. The molecule has 1 aliphatic rings. The summed E-state index contributed by atoms with van der Waals surface area (Å²) in [6, 6.07) is 0. The molecule has 0 amide bonds. The first-order chi connectivity index (χ1) is 6.68. The van der Waals surface area contributed by atoms with Gasteiger partial charge in [-0.3, -0.25) is 0 Å². The van der Waals surface area contributed by atoms with Gasteiger partial charge in [0.1, 0.15) is 0 Å². The first-order valence-corrected chi connectivity index (χ1v) is 6.01. The Kier molecular flexibility index (Phi) is 5.49. The van der Waals surface area contributed by atoms with Gasteiger partial charge in [-0.15, -0.1) is 0 Å². The molecule has 0 aromatic rings. The predicted molar refractivity (Wildman–Crippen MR) is 60.4 cm³/mol. The molecule has 1 atom stereocenters. The molecule has 1 N–H and O–H groups in total. The van der Waals surface area contributed by atoms with Gasteiger partial charge in [0.25, 0.3) is 0 Å². The third-order valence-electron chi connectivity index (χ3n) is 3.24. The van der Waals surface area contributed by atoms with Gasteiger partial charge in [-0.25, -0.2) is 0 Å². The Bertz CT molecular complexity index is 141. The molecule has 1 unspecified atom stereocenters. The van der Waals surface area contributed by atoms with E-state index in [2.05, 4.69) is 19.0 Å². The van der Waals surface area contributed by atoms with Gasteiger partial charge in [0.15, 0.2) is 0 Å². The quantitative estimate of drug-likeness (QED) is 0.734. The maximum absolute atomic E-state index is 9.82. The van der Waals surface area contributed by atoms with Crippen molar-refractivity contribution in [1.82, 2.24) is 4.90 Å². The van der Waals surface area contributed by atoms with Gasteiger partial charge in [0.2, 0.25) is 0 Å². The van der Waals surface area contributed by atoms with Crippen LogP contribution >= 0.6 is 0 Å². The summed E-state index contributed by atoms with van der Waals surface area (Å²) in [4.78, 5) is 2.14. The Morgan fingerprint density at radius 2 is 1.86 bits per heavy atom. The molecule has 1 rings (SSSR count). The van der Waals surface area contributed by atoms with E-state index in [1.165, 1.54) is 32.1 Å². The molecular weight excluding hydrogens is 174 g/mol. The highest BCUT2D eigenvalue weighted by molar-refractivity contribution is 4.70. The zero-order valence-electron chi connectivity index (χ0n) is 9.71. The van der Waals surface area contributed by atoms with E-state index in [0.717, 1.165) is 25.3 Å².